The monoisotopic (exact) mass is 203 g/mol. The fraction of sp³-hybridized carbons (Fsp3) is 0.462. The van der Waals surface area contributed by atoms with E-state index >= 15 is 0 Å². The summed E-state index contributed by atoms with van der Waals surface area (Å²) >= 11 is 0. The van der Waals surface area contributed by atoms with Crippen molar-refractivity contribution in [3.8, 4) is 0 Å². The SMILES string of the molecule is CCCc1ccc(N2CCC(=O)C2)cc1. The third-order valence-electron chi connectivity index (χ3n) is 2.87. The fourth-order valence-corrected chi connectivity index (χ4v) is 2.01. The lowest BCUT2D eigenvalue weighted by atomic mass is 10.1. The quantitative estimate of drug-likeness (QED) is 0.752. The van der Waals surface area contributed by atoms with Gasteiger partial charge >= 0.3 is 0 Å². The molecule has 15 heavy (non-hydrogen) atoms. The molecule has 80 valence electrons. The Morgan fingerprint density at radius 2 is 2.00 bits per heavy atom. The van der Waals surface area contributed by atoms with E-state index in [0.29, 0.717) is 18.7 Å². The molecule has 0 aliphatic carbocycles. The van der Waals surface area contributed by atoms with Crippen LogP contribution in [0.25, 0.3) is 0 Å². The maximum Gasteiger partial charge on any atom is 0.153 e. The van der Waals surface area contributed by atoms with Gasteiger partial charge in [0.1, 0.15) is 0 Å². The van der Waals surface area contributed by atoms with Crippen molar-refractivity contribution in [1.82, 2.24) is 0 Å². The first-order valence-electron chi connectivity index (χ1n) is 5.65. The van der Waals surface area contributed by atoms with E-state index in [0.717, 1.165) is 13.0 Å². The van der Waals surface area contributed by atoms with Crippen LogP contribution in [0.2, 0.25) is 0 Å². The summed E-state index contributed by atoms with van der Waals surface area (Å²) in [4.78, 5) is 13.3. The van der Waals surface area contributed by atoms with Crippen molar-refractivity contribution in [3.63, 3.8) is 0 Å². The topological polar surface area (TPSA) is 20.3 Å². The standard InChI is InChI=1S/C13H17NO/c1-2-3-11-4-6-12(7-5-11)14-9-8-13(15)10-14/h4-7H,2-3,8-10H2,1H3. The number of hydrogen-bond donors (Lipinski definition) is 0. The third-order valence-corrected chi connectivity index (χ3v) is 2.87. The van der Waals surface area contributed by atoms with Crippen molar-refractivity contribution in [2.75, 3.05) is 18.0 Å². The normalized spacial score (nSPS) is 16.1. The first-order chi connectivity index (χ1) is 7.29. The fourth-order valence-electron chi connectivity index (χ4n) is 2.01. The number of benzene rings is 1. The summed E-state index contributed by atoms with van der Waals surface area (Å²) in [5.41, 5.74) is 2.56. The minimum atomic E-state index is 0.354. The highest BCUT2D eigenvalue weighted by Gasteiger charge is 2.18. The van der Waals surface area contributed by atoms with E-state index in [1.807, 2.05) is 0 Å². The molecule has 0 aromatic heterocycles. The number of hydrogen-bond acceptors (Lipinski definition) is 2. The molecule has 0 unspecified atom stereocenters. The summed E-state index contributed by atoms with van der Waals surface area (Å²) in [6, 6.07) is 8.59. The molecule has 0 radical (unpaired) electrons. The van der Waals surface area contributed by atoms with Gasteiger partial charge in [-0.1, -0.05) is 25.5 Å². The van der Waals surface area contributed by atoms with E-state index < -0.39 is 0 Å². The Labute approximate surface area is 90.9 Å². The smallest absolute Gasteiger partial charge is 0.153 e. The van der Waals surface area contributed by atoms with Gasteiger partial charge in [0.15, 0.2) is 5.78 Å². The summed E-state index contributed by atoms with van der Waals surface area (Å²) < 4.78 is 0. The molecule has 1 aliphatic rings. The molecule has 1 fully saturated rings. The average molecular weight is 203 g/mol. The van der Waals surface area contributed by atoms with Gasteiger partial charge in [-0.15, -0.1) is 0 Å². The van der Waals surface area contributed by atoms with Crippen LogP contribution in [0, 0.1) is 0 Å². The lowest BCUT2D eigenvalue weighted by molar-refractivity contribution is -0.116. The molecule has 1 aromatic carbocycles. The number of ketones is 1. The number of anilines is 1. The summed E-state index contributed by atoms with van der Waals surface area (Å²) in [5, 5.41) is 0. The van der Waals surface area contributed by atoms with Gasteiger partial charge in [-0.3, -0.25) is 4.79 Å². The van der Waals surface area contributed by atoms with E-state index in [9.17, 15) is 4.79 Å². The van der Waals surface area contributed by atoms with Crippen molar-refractivity contribution in [3.05, 3.63) is 29.8 Å². The average Bonchev–Trinajstić information content (AvgIpc) is 2.67. The van der Waals surface area contributed by atoms with E-state index in [-0.39, 0.29) is 0 Å². The molecule has 0 spiro atoms. The van der Waals surface area contributed by atoms with Crippen molar-refractivity contribution in [2.24, 2.45) is 0 Å². The molecule has 1 heterocycles. The Bertz CT molecular complexity index is 342. The predicted octanol–water partition coefficient (Wildman–Crippen LogP) is 2.42. The maximum absolute atomic E-state index is 11.2. The van der Waals surface area contributed by atoms with Crippen LogP contribution in [0.5, 0.6) is 0 Å². The van der Waals surface area contributed by atoms with Crippen LogP contribution in [-0.2, 0) is 11.2 Å². The third kappa shape index (κ3) is 2.38. The molecule has 0 amide bonds. The van der Waals surface area contributed by atoms with Gasteiger partial charge in [0.2, 0.25) is 0 Å². The molecular formula is C13H17NO. The number of carbonyl (C=O) groups is 1. The second-order valence-electron chi connectivity index (χ2n) is 4.13. The number of Topliss-reactive ketones (excluding diaryl/α,β-unsaturated/α-hetero) is 1. The maximum atomic E-state index is 11.2. The molecule has 1 saturated heterocycles. The Kier molecular flexibility index (Phi) is 3.05. The first kappa shape index (κ1) is 10.2. The molecule has 0 N–H and O–H groups in total. The zero-order chi connectivity index (χ0) is 10.7. The Balaban J connectivity index is 2.06. The number of aryl methyl sites for hydroxylation is 1. The van der Waals surface area contributed by atoms with Crippen LogP contribution < -0.4 is 4.90 Å². The first-order valence-corrected chi connectivity index (χ1v) is 5.65. The summed E-state index contributed by atoms with van der Waals surface area (Å²) in [6.45, 7) is 3.66. The summed E-state index contributed by atoms with van der Waals surface area (Å²) in [6.07, 6.45) is 3.03. The Morgan fingerprint density at radius 3 is 2.53 bits per heavy atom. The van der Waals surface area contributed by atoms with E-state index in [4.69, 9.17) is 0 Å². The van der Waals surface area contributed by atoms with Crippen LogP contribution in [0.15, 0.2) is 24.3 Å². The number of rotatable bonds is 3. The molecule has 0 bridgehead atoms. The van der Waals surface area contributed by atoms with Crippen LogP contribution in [0.1, 0.15) is 25.3 Å². The Morgan fingerprint density at radius 1 is 1.27 bits per heavy atom. The predicted molar refractivity (Wildman–Crippen MR) is 62.3 cm³/mol. The number of nitrogens with zero attached hydrogens (tertiary/aromatic N) is 1. The molecule has 0 saturated carbocycles. The summed E-state index contributed by atoms with van der Waals surface area (Å²) in [7, 11) is 0. The largest absolute Gasteiger partial charge is 0.364 e. The van der Waals surface area contributed by atoms with E-state index in [1.165, 1.54) is 17.7 Å². The molecule has 1 aliphatic heterocycles. The van der Waals surface area contributed by atoms with Crippen LogP contribution in [-0.4, -0.2) is 18.9 Å². The summed E-state index contributed by atoms with van der Waals surface area (Å²) in [5.74, 6) is 0.354. The number of carbonyl (C=O) groups excluding carboxylic acids is 1. The van der Waals surface area contributed by atoms with E-state index in [1.54, 1.807) is 0 Å². The minimum absolute atomic E-state index is 0.354. The second-order valence-corrected chi connectivity index (χ2v) is 4.13. The van der Waals surface area contributed by atoms with Gasteiger partial charge < -0.3 is 4.90 Å². The van der Waals surface area contributed by atoms with Crippen molar-refractivity contribution in [2.45, 2.75) is 26.2 Å². The van der Waals surface area contributed by atoms with Gasteiger partial charge in [-0.05, 0) is 24.1 Å². The highest BCUT2D eigenvalue weighted by Crippen LogP contribution is 2.19. The van der Waals surface area contributed by atoms with Crippen molar-refractivity contribution in [1.29, 1.82) is 0 Å². The van der Waals surface area contributed by atoms with Crippen molar-refractivity contribution < 1.29 is 4.79 Å². The Hall–Kier alpha value is -1.31. The molecule has 2 nitrogen and oxygen atoms in total. The van der Waals surface area contributed by atoms with Crippen LogP contribution >= 0.6 is 0 Å². The molecule has 2 heteroatoms. The molecule has 2 rings (SSSR count). The molecule has 0 atom stereocenters. The molecular weight excluding hydrogens is 186 g/mol. The van der Waals surface area contributed by atoms with E-state index in [2.05, 4.69) is 36.1 Å². The highest BCUT2D eigenvalue weighted by atomic mass is 16.1. The minimum Gasteiger partial charge on any atom is -0.364 e. The van der Waals surface area contributed by atoms with Gasteiger partial charge in [0.25, 0.3) is 0 Å². The lowest BCUT2D eigenvalue weighted by Crippen LogP contribution is -2.19. The van der Waals surface area contributed by atoms with Gasteiger partial charge in [-0.2, -0.15) is 0 Å². The zero-order valence-corrected chi connectivity index (χ0v) is 9.20. The molecule has 1 aromatic rings. The highest BCUT2D eigenvalue weighted by molar-refractivity contribution is 5.87. The van der Waals surface area contributed by atoms with Crippen molar-refractivity contribution >= 4 is 11.5 Å². The lowest BCUT2D eigenvalue weighted by Gasteiger charge is -2.16. The second kappa shape index (κ2) is 4.47. The van der Waals surface area contributed by atoms with Gasteiger partial charge in [0, 0.05) is 18.7 Å². The van der Waals surface area contributed by atoms with Crippen LogP contribution in [0.3, 0.4) is 0 Å². The van der Waals surface area contributed by atoms with Gasteiger partial charge in [-0.25, -0.2) is 0 Å². The van der Waals surface area contributed by atoms with Gasteiger partial charge in [0.05, 0.1) is 6.54 Å². The zero-order valence-electron chi connectivity index (χ0n) is 9.20. The van der Waals surface area contributed by atoms with Crippen LogP contribution in [0.4, 0.5) is 5.69 Å².